The second kappa shape index (κ2) is 9.50. The molecule has 9 nitrogen and oxygen atoms in total. The minimum absolute atomic E-state index is 0.0819. The Balaban J connectivity index is 1.20. The summed E-state index contributed by atoms with van der Waals surface area (Å²) >= 11 is 0. The molecule has 0 atom stereocenters. The number of carbonyl (C=O) groups excluding carboxylic acids is 1. The molecule has 1 aliphatic heterocycles. The Hall–Kier alpha value is -4.53. The number of hydrogen-bond donors (Lipinski definition) is 1. The van der Waals surface area contributed by atoms with Crippen molar-refractivity contribution in [2.24, 2.45) is 0 Å². The highest BCUT2D eigenvalue weighted by atomic mass is 16.3. The molecular weight excluding hydrogens is 468 g/mol. The summed E-state index contributed by atoms with van der Waals surface area (Å²) in [6, 6.07) is 14.3. The lowest BCUT2D eigenvalue weighted by Gasteiger charge is -2.31. The van der Waals surface area contributed by atoms with Crippen LogP contribution in [-0.2, 0) is 6.54 Å². The van der Waals surface area contributed by atoms with Crippen LogP contribution in [0, 0.1) is 6.92 Å². The maximum Gasteiger partial charge on any atom is 0.289 e. The van der Waals surface area contributed by atoms with Crippen LogP contribution in [0.2, 0.25) is 0 Å². The van der Waals surface area contributed by atoms with Gasteiger partial charge in [-0.05, 0) is 43.5 Å². The zero-order chi connectivity index (χ0) is 25.4. The molecule has 0 spiro atoms. The average Bonchev–Trinajstić information content (AvgIpc) is 3.32. The predicted octanol–water partition coefficient (Wildman–Crippen LogP) is 4.17. The van der Waals surface area contributed by atoms with Crippen LogP contribution in [-0.4, -0.2) is 43.5 Å². The molecule has 4 aromatic heterocycles. The van der Waals surface area contributed by atoms with Crippen LogP contribution in [0.4, 0.5) is 5.82 Å². The summed E-state index contributed by atoms with van der Waals surface area (Å²) in [6.07, 6.45) is 6.95. The van der Waals surface area contributed by atoms with Crippen LogP contribution in [0.15, 0.2) is 76.3 Å². The van der Waals surface area contributed by atoms with Gasteiger partial charge in [0.25, 0.3) is 5.91 Å². The number of aromatic nitrogens is 4. The van der Waals surface area contributed by atoms with Crippen molar-refractivity contribution in [2.75, 3.05) is 18.4 Å². The van der Waals surface area contributed by atoms with Gasteiger partial charge in [-0.25, -0.2) is 4.98 Å². The van der Waals surface area contributed by atoms with Gasteiger partial charge in [0.15, 0.2) is 16.8 Å². The van der Waals surface area contributed by atoms with Crippen molar-refractivity contribution in [1.82, 2.24) is 24.5 Å². The number of benzene rings is 1. The van der Waals surface area contributed by atoms with Gasteiger partial charge in [-0.15, -0.1) is 0 Å². The highest BCUT2D eigenvalue weighted by Gasteiger charge is 2.28. The fourth-order valence-electron chi connectivity index (χ4n) is 4.87. The monoisotopic (exact) mass is 494 g/mol. The van der Waals surface area contributed by atoms with Crippen LogP contribution < -0.4 is 10.7 Å². The molecule has 9 heteroatoms. The number of likely N-dealkylation sites (tertiary alicyclic amines) is 1. The number of nitrogens with one attached hydrogen (secondary N) is 1. The van der Waals surface area contributed by atoms with E-state index in [2.05, 4.69) is 21.5 Å². The fraction of sp³-hybridized carbons (Fsp3) is 0.250. The number of hydrogen-bond acceptors (Lipinski definition) is 7. The first-order valence-electron chi connectivity index (χ1n) is 12.4. The molecule has 0 aliphatic carbocycles. The van der Waals surface area contributed by atoms with Crippen molar-refractivity contribution in [3.05, 3.63) is 99.9 Å². The molecule has 0 radical (unpaired) electrons. The molecule has 1 saturated heterocycles. The van der Waals surface area contributed by atoms with Gasteiger partial charge in [0.1, 0.15) is 11.4 Å². The van der Waals surface area contributed by atoms with E-state index in [9.17, 15) is 9.59 Å². The maximum absolute atomic E-state index is 13.1. The number of rotatable bonds is 5. The van der Waals surface area contributed by atoms with Crippen molar-refractivity contribution >= 4 is 28.3 Å². The summed E-state index contributed by atoms with van der Waals surface area (Å²) in [4.78, 5) is 36.5. The van der Waals surface area contributed by atoms with E-state index in [1.54, 1.807) is 35.4 Å². The summed E-state index contributed by atoms with van der Waals surface area (Å²) in [5, 5.41) is 8.45. The van der Waals surface area contributed by atoms with E-state index in [0.29, 0.717) is 30.6 Å². The largest absolute Gasteiger partial charge is 0.451 e. The standard InChI is InChI=1S/C28H26N6O3/c1-18-15-31-34-26(30-17-19-5-4-10-29-16-19)13-22(32-27(18)34)20-8-11-33(12-9-20)28(36)25-14-23(35)21-6-2-3-7-24(21)37-25/h2-7,10,13-16,20,30H,8-9,11-12,17H2,1H3. The molecular formula is C28H26N6O3. The lowest BCUT2D eigenvalue weighted by atomic mass is 9.93. The highest BCUT2D eigenvalue weighted by Crippen LogP contribution is 2.30. The van der Waals surface area contributed by atoms with Crippen LogP contribution in [0.5, 0.6) is 0 Å². The molecule has 1 amide bonds. The van der Waals surface area contributed by atoms with Gasteiger partial charge in [0.2, 0.25) is 0 Å². The van der Waals surface area contributed by atoms with Crippen LogP contribution >= 0.6 is 0 Å². The minimum Gasteiger partial charge on any atom is -0.451 e. The minimum atomic E-state index is -0.254. The number of para-hydroxylation sites is 1. The number of amides is 1. The molecule has 1 aliphatic rings. The third-order valence-electron chi connectivity index (χ3n) is 6.91. The Labute approximate surface area is 212 Å². The van der Waals surface area contributed by atoms with E-state index in [1.807, 2.05) is 36.0 Å². The van der Waals surface area contributed by atoms with Crippen molar-refractivity contribution < 1.29 is 9.21 Å². The molecule has 0 unspecified atom stereocenters. The Morgan fingerprint density at radius 1 is 1.11 bits per heavy atom. The van der Waals surface area contributed by atoms with Crippen molar-refractivity contribution in [3.8, 4) is 0 Å². The van der Waals surface area contributed by atoms with Gasteiger partial charge in [-0.2, -0.15) is 9.61 Å². The lowest BCUT2D eigenvalue weighted by Crippen LogP contribution is -2.38. The van der Waals surface area contributed by atoms with Crippen molar-refractivity contribution in [1.29, 1.82) is 0 Å². The second-order valence-electron chi connectivity index (χ2n) is 9.38. The third kappa shape index (κ3) is 4.44. The topological polar surface area (TPSA) is 106 Å². The Kier molecular flexibility index (Phi) is 5.88. The Bertz CT molecular complexity index is 1650. The molecule has 0 bridgehead atoms. The number of fused-ring (bicyclic) bond motifs is 2. The van der Waals surface area contributed by atoms with Gasteiger partial charge in [-0.3, -0.25) is 14.6 Å². The molecule has 1 N–H and O–H groups in total. The first-order chi connectivity index (χ1) is 18.1. The zero-order valence-corrected chi connectivity index (χ0v) is 20.4. The first-order valence-corrected chi connectivity index (χ1v) is 12.4. The van der Waals surface area contributed by atoms with Crippen LogP contribution in [0.25, 0.3) is 16.6 Å². The average molecular weight is 495 g/mol. The maximum atomic E-state index is 13.1. The van der Waals surface area contributed by atoms with E-state index in [0.717, 1.165) is 41.1 Å². The third-order valence-corrected chi connectivity index (χ3v) is 6.91. The summed E-state index contributed by atoms with van der Waals surface area (Å²) < 4.78 is 7.60. The van der Waals surface area contributed by atoms with Gasteiger partial charge in [-0.1, -0.05) is 18.2 Å². The van der Waals surface area contributed by atoms with E-state index in [1.165, 1.54) is 6.07 Å². The van der Waals surface area contributed by atoms with Gasteiger partial charge in [0, 0.05) is 61.3 Å². The summed E-state index contributed by atoms with van der Waals surface area (Å²) in [6.45, 7) is 3.74. The summed E-state index contributed by atoms with van der Waals surface area (Å²) in [5.41, 5.74) is 4.10. The first kappa shape index (κ1) is 22.9. The molecule has 5 heterocycles. The van der Waals surface area contributed by atoms with E-state index >= 15 is 0 Å². The summed E-state index contributed by atoms with van der Waals surface area (Å²) in [7, 11) is 0. The molecule has 1 aromatic carbocycles. The van der Waals surface area contributed by atoms with Gasteiger partial charge >= 0.3 is 0 Å². The predicted molar refractivity (Wildman–Crippen MR) is 140 cm³/mol. The van der Waals surface area contributed by atoms with Gasteiger partial charge in [0.05, 0.1) is 11.6 Å². The Morgan fingerprint density at radius 3 is 2.76 bits per heavy atom. The number of nitrogens with zero attached hydrogens (tertiary/aromatic N) is 5. The van der Waals surface area contributed by atoms with Gasteiger partial charge < -0.3 is 14.6 Å². The van der Waals surface area contributed by atoms with Crippen LogP contribution in [0.3, 0.4) is 0 Å². The smallest absolute Gasteiger partial charge is 0.289 e. The summed E-state index contributed by atoms with van der Waals surface area (Å²) in [5.74, 6) is 0.896. The zero-order valence-electron chi connectivity index (χ0n) is 20.4. The highest BCUT2D eigenvalue weighted by molar-refractivity contribution is 5.93. The quantitative estimate of drug-likeness (QED) is 0.391. The molecule has 37 heavy (non-hydrogen) atoms. The number of carbonyl (C=O) groups is 1. The number of piperidine rings is 1. The molecule has 6 rings (SSSR count). The van der Waals surface area contributed by atoms with Crippen molar-refractivity contribution in [2.45, 2.75) is 32.2 Å². The number of aryl methyl sites for hydroxylation is 1. The van der Waals surface area contributed by atoms with Crippen molar-refractivity contribution in [3.63, 3.8) is 0 Å². The Morgan fingerprint density at radius 2 is 1.95 bits per heavy atom. The van der Waals surface area contributed by atoms with E-state index in [-0.39, 0.29) is 23.0 Å². The molecule has 1 fully saturated rings. The SMILES string of the molecule is Cc1cnn2c(NCc3cccnc3)cc(C3CCN(C(=O)c4cc(=O)c5ccccc5o4)CC3)nc12. The molecule has 5 aromatic rings. The molecule has 0 saturated carbocycles. The molecule has 186 valence electrons. The van der Waals surface area contributed by atoms with E-state index in [4.69, 9.17) is 9.40 Å². The second-order valence-corrected chi connectivity index (χ2v) is 9.38. The number of pyridine rings is 1. The van der Waals surface area contributed by atoms with Crippen LogP contribution in [0.1, 0.15) is 46.1 Å². The normalized spacial score (nSPS) is 14.4. The van der Waals surface area contributed by atoms with E-state index < -0.39 is 0 Å². The lowest BCUT2D eigenvalue weighted by molar-refractivity contribution is 0.0680. The number of anilines is 1. The fourth-order valence-corrected chi connectivity index (χ4v) is 4.87.